The summed E-state index contributed by atoms with van der Waals surface area (Å²) in [5, 5.41) is 4.13. The lowest BCUT2D eigenvalue weighted by Crippen LogP contribution is -2.13. The van der Waals surface area contributed by atoms with Gasteiger partial charge in [-0.3, -0.25) is 9.78 Å². The maximum Gasteiger partial charge on any atom is 0.224 e. The van der Waals surface area contributed by atoms with Crippen LogP contribution >= 0.6 is 0 Å². The number of rotatable bonds is 6. The van der Waals surface area contributed by atoms with Gasteiger partial charge in [0, 0.05) is 17.5 Å². The largest absolute Gasteiger partial charge is 0.325 e. The molecule has 1 N–H and O–H groups in total. The van der Waals surface area contributed by atoms with Gasteiger partial charge in [-0.2, -0.15) is 0 Å². The van der Waals surface area contributed by atoms with E-state index >= 15 is 0 Å². The lowest BCUT2D eigenvalue weighted by molar-refractivity contribution is -0.116. The van der Waals surface area contributed by atoms with Crippen LogP contribution in [0.2, 0.25) is 0 Å². The number of unbranched alkanes of at least 4 members (excludes halogenated alkanes) is 2. The zero-order valence-electron chi connectivity index (χ0n) is 13.2. The topological polar surface area (TPSA) is 42.0 Å². The van der Waals surface area contributed by atoms with Gasteiger partial charge in [0.05, 0.1) is 11.2 Å². The molecule has 0 fully saturated rings. The Morgan fingerprint density at radius 1 is 1.19 bits per heavy atom. The SMILES string of the molecule is CCCCCC(=O)Nc1c(C)c(CC)nc2ccccc12. The first-order valence-electron chi connectivity index (χ1n) is 7.85. The quantitative estimate of drug-likeness (QED) is 0.786. The summed E-state index contributed by atoms with van der Waals surface area (Å²) >= 11 is 0. The molecule has 0 atom stereocenters. The van der Waals surface area contributed by atoms with Crippen molar-refractivity contribution in [3.63, 3.8) is 0 Å². The summed E-state index contributed by atoms with van der Waals surface area (Å²) in [4.78, 5) is 16.8. The van der Waals surface area contributed by atoms with Crippen LogP contribution in [0.1, 0.15) is 50.8 Å². The van der Waals surface area contributed by atoms with Crippen LogP contribution in [0.15, 0.2) is 24.3 Å². The molecule has 1 aromatic carbocycles. The van der Waals surface area contributed by atoms with E-state index in [1.165, 1.54) is 0 Å². The molecule has 0 saturated heterocycles. The second kappa shape index (κ2) is 7.21. The Morgan fingerprint density at radius 2 is 1.95 bits per heavy atom. The van der Waals surface area contributed by atoms with E-state index in [-0.39, 0.29) is 5.91 Å². The van der Waals surface area contributed by atoms with Gasteiger partial charge >= 0.3 is 0 Å². The Balaban J connectivity index is 2.32. The lowest BCUT2D eigenvalue weighted by atomic mass is 10.0. The van der Waals surface area contributed by atoms with Crippen molar-refractivity contribution >= 4 is 22.5 Å². The Kier molecular flexibility index (Phi) is 5.32. The monoisotopic (exact) mass is 284 g/mol. The fourth-order valence-corrected chi connectivity index (χ4v) is 2.60. The number of aryl methyl sites for hydroxylation is 1. The number of hydrogen-bond acceptors (Lipinski definition) is 2. The van der Waals surface area contributed by atoms with E-state index in [2.05, 4.69) is 24.1 Å². The number of carbonyl (C=O) groups is 1. The molecule has 21 heavy (non-hydrogen) atoms. The molecule has 1 amide bonds. The number of amides is 1. The molecule has 0 aliphatic rings. The highest BCUT2D eigenvalue weighted by atomic mass is 16.1. The molecular formula is C18H24N2O. The van der Waals surface area contributed by atoms with Crippen molar-refractivity contribution in [2.24, 2.45) is 0 Å². The number of anilines is 1. The van der Waals surface area contributed by atoms with E-state index in [1.54, 1.807) is 0 Å². The van der Waals surface area contributed by atoms with Gasteiger partial charge in [0.1, 0.15) is 0 Å². The van der Waals surface area contributed by atoms with Crippen LogP contribution in [0.25, 0.3) is 10.9 Å². The Labute approximate surface area is 126 Å². The summed E-state index contributed by atoms with van der Waals surface area (Å²) in [5.41, 5.74) is 4.01. The zero-order valence-corrected chi connectivity index (χ0v) is 13.2. The Morgan fingerprint density at radius 3 is 2.67 bits per heavy atom. The predicted octanol–water partition coefficient (Wildman–Crippen LogP) is 4.62. The second-order valence-electron chi connectivity index (χ2n) is 5.43. The molecule has 0 saturated carbocycles. The molecule has 112 valence electrons. The molecule has 1 heterocycles. The first-order chi connectivity index (χ1) is 10.2. The van der Waals surface area contributed by atoms with Gasteiger partial charge in [-0.1, -0.05) is 44.9 Å². The van der Waals surface area contributed by atoms with Gasteiger partial charge in [0.2, 0.25) is 5.91 Å². The molecule has 0 unspecified atom stereocenters. The number of carbonyl (C=O) groups excluding carboxylic acids is 1. The molecule has 0 bridgehead atoms. The number of aromatic nitrogens is 1. The highest BCUT2D eigenvalue weighted by Gasteiger charge is 2.12. The fourth-order valence-electron chi connectivity index (χ4n) is 2.60. The van der Waals surface area contributed by atoms with Gasteiger partial charge in [-0.05, 0) is 31.4 Å². The molecule has 3 heteroatoms. The van der Waals surface area contributed by atoms with Crippen LogP contribution in [-0.2, 0) is 11.2 Å². The van der Waals surface area contributed by atoms with Crippen molar-refractivity contribution in [1.29, 1.82) is 0 Å². The fraction of sp³-hybridized carbons (Fsp3) is 0.444. The van der Waals surface area contributed by atoms with Gasteiger partial charge < -0.3 is 5.32 Å². The normalized spacial score (nSPS) is 10.8. The number of para-hydroxylation sites is 1. The first kappa shape index (κ1) is 15.5. The van der Waals surface area contributed by atoms with Crippen molar-refractivity contribution in [1.82, 2.24) is 4.98 Å². The lowest BCUT2D eigenvalue weighted by Gasteiger charge is -2.14. The number of fused-ring (bicyclic) bond motifs is 1. The molecule has 0 aliphatic carbocycles. The summed E-state index contributed by atoms with van der Waals surface area (Å²) in [5.74, 6) is 0.102. The molecule has 2 rings (SSSR count). The maximum atomic E-state index is 12.2. The van der Waals surface area contributed by atoms with E-state index in [1.807, 2.05) is 31.2 Å². The van der Waals surface area contributed by atoms with Crippen molar-refractivity contribution in [3.05, 3.63) is 35.5 Å². The summed E-state index contributed by atoms with van der Waals surface area (Å²) < 4.78 is 0. The Hall–Kier alpha value is -1.90. The molecule has 2 aromatic rings. The Bertz CT molecular complexity index is 634. The minimum Gasteiger partial charge on any atom is -0.325 e. The van der Waals surface area contributed by atoms with E-state index in [0.29, 0.717) is 6.42 Å². The number of pyridine rings is 1. The van der Waals surface area contributed by atoms with Crippen molar-refractivity contribution < 1.29 is 4.79 Å². The molecule has 1 aromatic heterocycles. The first-order valence-corrected chi connectivity index (χ1v) is 7.85. The summed E-state index contributed by atoms with van der Waals surface area (Å²) in [6.45, 7) is 6.28. The number of benzene rings is 1. The third-order valence-corrected chi connectivity index (χ3v) is 3.84. The standard InChI is InChI=1S/C18H24N2O/c1-4-6-7-12-17(21)20-18-13(3)15(5-2)19-16-11-9-8-10-14(16)18/h8-11H,4-7,12H2,1-3H3,(H,19,20,21). The molecular weight excluding hydrogens is 260 g/mol. The second-order valence-corrected chi connectivity index (χ2v) is 5.43. The van der Waals surface area contributed by atoms with E-state index in [9.17, 15) is 4.79 Å². The van der Waals surface area contributed by atoms with Crippen LogP contribution in [-0.4, -0.2) is 10.9 Å². The third-order valence-electron chi connectivity index (χ3n) is 3.84. The molecule has 3 nitrogen and oxygen atoms in total. The molecule has 0 spiro atoms. The number of nitrogens with zero attached hydrogens (tertiary/aromatic N) is 1. The van der Waals surface area contributed by atoms with Gasteiger partial charge in [0.25, 0.3) is 0 Å². The minimum atomic E-state index is 0.102. The smallest absolute Gasteiger partial charge is 0.224 e. The summed E-state index contributed by atoms with van der Waals surface area (Å²) in [6.07, 6.45) is 4.64. The average molecular weight is 284 g/mol. The molecule has 0 radical (unpaired) electrons. The van der Waals surface area contributed by atoms with Crippen LogP contribution < -0.4 is 5.32 Å². The number of hydrogen-bond donors (Lipinski definition) is 1. The van der Waals surface area contributed by atoms with Crippen LogP contribution in [0.3, 0.4) is 0 Å². The highest BCUT2D eigenvalue weighted by Crippen LogP contribution is 2.28. The average Bonchev–Trinajstić information content (AvgIpc) is 2.50. The molecule has 0 aliphatic heterocycles. The highest BCUT2D eigenvalue weighted by molar-refractivity contribution is 6.02. The van der Waals surface area contributed by atoms with Gasteiger partial charge in [0.15, 0.2) is 0 Å². The maximum absolute atomic E-state index is 12.2. The third kappa shape index (κ3) is 3.60. The van der Waals surface area contributed by atoms with Crippen LogP contribution in [0.5, 0.6) is 0 Å². The summed E-state index contributed by atoms with van der Waals surface area (Å²) in [6, 6.07) is 8.00. The van der Waals surface area contributed by atoms with E-state index in [4.69, 9.17) is 0 Å². The van der Waals surface area contributed by atoms with Crippen LogP contribution in [0.4, 0.5) is 5.69 Å². The van der Waals surface area contributed by atoms with Crippen molar-refractivity contribution in [3.8, 4) is 0 Å². The van der Waals surface area contributed by atoms with Gasteiger partial charge in [-0.25, -0.2) is 0 Å². The summed E-state index contributed by atoms with van der Waals surface area (Å²) in [7, 11) is 0. The van der Waals surface area contributed by atoms with E-state index in [0.717, 1.165) is 53.5 Å². The predicted molar refractivity (Wildman–Crippen MR) is 88.6 cm³/mol. The van der Waals surface area contributed by atoms with E-state index < -0.39 is 0 Å². The van der Waals surface area contributed by atoms with Crippen LogP contribution in [0, 0.1) is 6.92 Å². The van der Waals surface area contributed by atoms with Gasteiger partial charge in [-0.15, -0.1) is 0 Å². The number of nitrogens with one attached hydrogen (secondary N) is 1. The van der Waals surface area contributed by atoms with Crippen molar-refractivity contribution in [2.45, 2.75) is 52.9 Å². The van der Waals surface area contributed by atoms with Crippen molar-refractivity contribution in [2.75, 3.05) is 5.32 Å². The minimum absolute atomic E-state index is 0.102. The zero-order chi connectivity index (χ0) is 15.2.